The summed E-state index contributed by atoms with van der Waals surface area (Å²) in [5, 5.41) is 0.309. The second kappa shape index (κ2) is 6.56. The predicted molar refractivity (Wildman–Crippen MR) is 87.6 cm³/mol. The third-order valence-electron chi connectivity index (χ3n) is 3.17. The quantitative estimate of drug-likeness (QED) is 0.760. The number of nitrogens with one attached hydrogen (secondary N) is 1. The van der Waals surface area contributed by atoms with E-state index in [2.05, 4.69) is 0 Å². The lowest BCUT2D eigenvalue weighted by Crippen LogP contribution is -2.37. The van der Waals surface area contributed by atoms with Gasteiger partial charge in [0.25, 0.3) is 21.8 Å². The van der Waals surface area contributed by atoms with Gasteiger partial charge in [-0.15, -0.1) is 11.3 Å². The molecular formula is C14H9ClN2O6S2. The molecule has 1 N–H and O–H groups in total. The number of hydrogen-bond acceptors (Lipinski definition) is 7. The molecule has 0 atom stereocenters. The highest BCUT2D eigenvalue weighted by Gasteiger charge is 2.38. The van der Waals surface area contributed by atoms with E-state index in [1.54, 1.807) is 12.1 Å². The fourth-order valence-corrected chi connectivity index (χ4v) is 4.55. The minimum atomic E-state index is -3.95. The molecule has 130 valence electrons. The van der Waals surface area contributed by atoms with E-state index in [-0.39, 0.29) is 19.7 Å². The highest BCUT2D eigenvalue weighted by molar-refractivity contribution is 7.91. The van der Waals surface area contributed by atoms with Crippen molar-refractivity contribution in [1.29, 1.82) is 0 Å². The van der Waals surface area contributed by atoms with E-state index in [0.717, 1.165) is 11.3 Å². The van der Waals surface area contributed by atoms with Gasteiger partial charge in [0.05, 0.1) is 15.5 Å². The molecule has 8 nitrogen and oxygen atoms in total. The van der Waals surface area contributed by atoms with Crippen molar-refractivity contribution in [3.63, 3.8) is 0 Å². The third-order valence-corrected chi connectivity index (χ3v) is 6.29. The number of thiophene rings is 1. The van der Waals surface area contributed by atoms with Crippen LogP contribution in [-0.4, -0.2) is 37.8 Å². The van der Waals surface area contributed by atoms with Gasteiger partial charge in [-0.25, -0.2) is 13.2 Å². The molecule has 0 saturated carbocycles. The maximum absolute atomic E-state index is 12.0. The molecule has 0 aliphatic carbocycles. The van der Waals surface area contributed by atoms with Gasteiger partial charge in [0.15, 0.2) is 0 Å². The Hall–Kier alpha value is -2.27. The Morgan fingerprint density at radius 3 is 2.24 bits per heavy atom. The van der Waals surface area contributed by atoms with Crippen LogP contribution >= 0.6 is 22.9 Å². The molecule has 0 bridgehead atoms. The monoisotopic (exact) mass is 400 g/mol. The lowest BCUT2D eigenvalue weighted by atomic mass is 10.1. The normalized spacial score (nSPS) is 13.9. The smallest absolute Gasteiger partial charge is 0.328 e. The fraction of sp³-hybridized carbons (Fsp3) is 0.0714. The van der Waals surface area contributed by atoms with Crippen molar-refractivity contribution in [3.05, 3.63) is 51.9 Å². The first kappa shape index (κ1) is 17.5. The first-order chi connectivity index (χ1) is 11.8. The van der Waals surface area contributed by atoms with Gasteiger partial charge in [-0.2, -0.15) is 4.72 Å². The van der Waals surface area contributed by atoms with Crippen molar-refractivity contribution in [2.75, 3.05) is 6.54 Å². The number of hydrogen-bond donors (Lipinski definition) is 1. The van der Waals surface area contributed by atoms with E-state index in [1.165, 1.54) is 24.3 Å². The van der Waals surface area contributed by atoms with Crippen LogP contribution in [0.4, 0.5) is 0 Å². The number of carbonyl (C=O) groups is 3. The maximum Gasteiger partial charge on any atom is 0.347 e. The zero-order valence-electron chi connectivity index (χ0n) is 12.3. The van der Waals surface area contributed by atoms with Gasteiger partial charge in [-0.1, -0.05) is 28.8 Å². The van der Waals surface area contributed by atoms with Crippen LogP contribution in [0.5, 0.6) is 0 Å². The molecule has 25 heavy (non-hydrogen) atoms. The number of hydroxylamine groups is 2. The number of sulfonamides is 1. The summed E-state index contributed by atoms with van der Waals surface area (Å²) < 4.78 is 26.2. The number of nitrogens with zero attached hydrogens (tertiary/aromatic N) is 1. The van der Waals surface area contributed by atoms with Crippen molar-refractivity contribution in [2.45, 2.75) is 4.21 Å². The predicted octanol–water partition coefficient (Wildman–Crippen LogP) is 1.43. The van der Waals surface area contributed by atoms with Crippen LogP contribution in [0.1, 0.15) is 20.7 Å². The van der Waals surface area contributed by atoms with Crippen LogP contribution in [0, 0.1) is 0 Å². The van der Waals surface area contributed by atoms with Crippen LogP contribution < -0.4 is 4.72 Å². The number of halogens is 1. The highest BCUT2D eigenvalue weighted by Crippen LogP contribution is 2.25. The van der Waals surface area contributed by atoms with Gasteiger partial charge in [0, 0.05) is 0 Å². The standard InChI is InChI=1S/C14H9ClN2O6S2/c15-10-5-6-12(24-10)25(21,22)16-7-11(18)23-17-13(19)8-3-1-2-4-9(8)14(17)20/h1-6,16H,7H2. The van der Waals surface area contributed by atoms with Crippen molar-refractivity contribution >= 4 is 50.7 Å². The van der Waals surface area contributed by atoms with Crippen molar-refractivity contribution in [3.8, 4) is 0 Å². The topological polar surface area (TPSA) is 110 Å². The lowest BCUT2D eigenvalue weighted by Gasteiger charge is -2.12. The van der Waals surface area contributed by atoms with E-state index >= 15 is 0 Å². The van der Waals surface area contributed by atoms with Gasteiger partial charge in [-0.3, -0.25) is 9.59 Å². The molecule has 11 heteroatoms. The fourth-order valence-electron chi connectivity index (χ4n) is 2.05. The Bertz CT molecular complexity index is 950. The molecule has 2 amide bonds. The average Bonchev–Trinajstić information content (AvgIpc) is 3.12. The second-order valence-corrected chi connectivity index (χ2v) is 8.51. The van der Waals surface area contributed by atoms with Gasteiger partial charge in [0.1, 0.15) is 10.8 Å². The number of amides is 2. The van der Waals surface area contributed by atoms with Gasteiger partial charge in [-0.05, 0) is 24.3 Å². The summed E-state index contributed by atoms with van der Waals surface area (Å²) in [6.45, 7) is -0.759. The number of rotatable bonds is 5. The first-order valence-electron chi connectivity index (χ1n) is 6.73. The summed E-state index contributed by atoms with van der Waals surface area (Å²) in [7, 11) is -3.95. The van der Waals surface area contributed by atoms with Gasteiger partial charge in [0.2, 0.25) is 0 Å². The number of carbonyl (C=O) groups excluding carboxylic acids is 3. The molecule has 0 radical (unpaired) electrons. The van der Waals surface area contributed by atoms with E-state index < -0.39 is 34.4 Å². The molecule has 0 unspecified atom stereocenters. The molecule has 2 aromatic rings. The Labute approximate surface area is 151 Å². The summed E-state index contributed by atoms with van der Waals surface area (Å²) in [4.78, 5) is 40.6. The maximum atomic E-state index is 12.0. The second-order valence-electron chi connectivity index (χ2n) is 4.80. The zero-order valence-corrected chi connectivity index (χ0v) is 14.7. The van der Waals surface area contributed by atoms with E-state index in [9.17, 15) is 22.8 Å². The Kier molecular flexibility index (Phi) is 4.60. The minimum absolute atomic E-state index is 0.0777. The first-order valence-corrected chi connectivity index (χ1v) is 9.41. The SMILES string of the molecule is O=C(CNS(=O)(=O)c1ccc(Cl)s1)ON1C(=O)c2ccccc2C1=O. The molecule has 0 fully saturated rings. The number of imide groups is 1. The Morgan fingerprint density at radius 1 is 1.12 bits per heavy atom. The van der Waals surface area contributed by atoms with E-state index in [1.807, 2.05) is 4.72 Å². The van der Waals surface area contributed by atoms with Gasteiger partial charge < -0.3 is 4.84 Å². The van der Waals surface area contributed by atoms with Gasteiger partial charge >= 0.3 is 5.97 Å². The summed E-state index contributed by atoms with van der Waals surface area (Å²) >= 11 is 6.49. The van der Waals surface area contributed by atoms with Crippen molar-refractivity contribution in [1.82, 2.24) is 9.79 Å². The average molecular weight is 401 g/mol. The summed E-state index contributed by atoms with van der Waals surface area (Å²) in [6.07, 6.45) is 0. The summed E-state index contributed by atoms with van der Waals surface area (Å²) in [5.74, 6) is -2.69. The summed E-state index contributed by atoms with van der Waals surface area (Å²) in [5.41, 5.74) is 0.211. The Morgan fingerprint density at radius 2 is 1.72 bits per heavy atom. The molecule has 0 saturated heterocycles. The van der Waals surface area contributed by atoms with Crippen LogP contribution in [-0.2, 0) is 19.7 Å². The third kappa shape index (κ3) is 3.42. The molecule has 2 heterocycles. The molecule has 1 aromatic heterocycles. The minimum Gasteiger partial charge on any atom is -0.328 e. The molecule has 3 rings (SSSR count). The lowest BCUT2D eigenvalue weighted by molar-refractivity contribution is -0.166. The molecule has 0 spiro atoms. The molecule has 1 aliphatic heterocycles. The number of benzene rings is 1. The van der Waals surface area contributed by atoms with Crippen LogP contribution in [0.15, 0.2) is 40.6 Å². The molecular weight excluding hydrogens is 392 g/mol. The molecule has 1 aliphatic rings. The number of fused-ring (bicyclic) bond motifs is 1. The van der Waals surface area contributed by atoms with Crippen LogP contribution in [0.2, 0.25) is 4.34 Å². The van der Waals surface area contributed by atoms with E-state index in [0.29, 0.717) is 5.06 Å². The zero-order chi connectivity index (χ0) is 18.2. The Balaban J connectivity index is 1.64. The van der Waals surface area contributed by atoms with Crippen molar-refractivity contribution in [2.24, 2.45) is 0 Å². The van der Waals surface area contributed by atoms with Crippen LogP contribution in [0.3, 0.4) is 0 Å². The highest BCUT2D eigenvalue weighted by atomic mass is 35.5. The summed E-state index contributed by atoms with van der Waals surface area (Å²) in [6, 6.07) is 8.66. The van der Waals surface area contributed by atoms with E-state index in [4.69, 9.17) is 16.4 Å². The largest absolute Gasteiger partial charge is 0.347 e. The van der Waals surface area contributed by atoms with Crippen LogP contribution in [0.25, 0.3) is 0 Å². The van der Waals surface area contributed by atoms with Crippen molar-refractivity contribution < 1.29 is 27.6 Å². The molecule has 1 aromatic carbocycles.